The molecule has 0 aliphatic carbocycles. The third-order valence-corrected chi connectivity index (χ3v) is 2.80. The molecule has 4 nitrogen and oxygen atoms in total. The fraction of sp³-hybridized carbons (Fsp3) is 0.500. The normalized spacial score (nSPS) is 12.7. The Morgan fingerprint density at radius 1 is 1.40 bits per heavy atom. The van der Waals surface area contributed by atoms with Gasteiger partial charge in [0, 0.05) is 23.9 Å². The lowest BCUT2D eigenvalue weighted by atomic mass is 9.89. The molecule has 0 bridgehead atoms. The van der Waals surface area contributed by atoms with Crippen LogP contribution in [0.15, 0.2) is 24.4 Å². The van der Waals surface area contributed by atoms with Crippen LogP contribution in [0.2, 0.25) is 0 Å². The minimum Gasteiger partial charge on any atom is -0.261 e. The van der Waals surface area contributed by atoms with E-state index < -0.39 is 10.0 Å². The SMILES string of the molecule is CC(C)(CNS(C)(=O)=O)c1ccccn1. The Kier molecular flexibility index (Phi) is 3.46. The monoisotopic (exact) mass is 228 g/mol. The Bertz CT molecular complexity index is 412. The zero-order chi connectivity index (χ0) is 11.5. The van der Waals surface area contributed by atoms with E-state index in [-0.39, 0.29) is 5.41 Å². The molecule has 5 heteroatoms. The van der Waals surface area contributed by atoms with E-state index in [0.717, 1.165) is 11.9 Å². The molecule has 1 aromatic rings. The van der Waals surface area contributed by atoms with Crippen molar-refractivity contribution in [1.82, 2.24) is 9.71 Å². The van der Waals surface area contributed by atoms with Gasteiger partial charge in [-0.1, -0.05) is 19.9 Å². The Balaban J connectivity index is 2.76. The minimum absolute atomic E-state index is 0.301. The summed E-state index contributed by atoms with van der Waals surface area (Å²) in [6.07, 6.45) is 2.86. The molecule has 0 unspecified atom stereocenters. The van der Waals surface area contributed by atoms with Gasteiger partial charge in [0.1, 0.15) is 0 Å². The standard InChI is InChI=1S/C10H16N2O2S/c1-10(2,8-12-15(3,13)14)9-6-4-5-7-11-9/h4-7,12H,8H2,1-3H3. The second-order valence-electron chi connectivity index (χ2n) is 4.19. The summed E-state index contributed by atoms with van der Waals surface area (Å²) in [6, 6.07) is 5.62. The Morgan fingerprint density at radius 2 is 2.07 bits per heavy atom. The largest absolute Gasteiger partial charge is 0.261 e. The number of hydrogen-bond acceptors (Lipinski definition) is 3. The van der Waals surface area contributed by atoms with Crippen LogP contribution in [0.5, 0.6) is 0 Å². The molecule has 0 radical (unpaired) electrons. The third kappa shape index (κ3) is 3.97. The average molecular weight is 228 g/mol. The summed E-state index contributed by atoms with van der Waals surface area (Å²) in [7, 11) is -3.14. The van der Waals surface area contributed by atoms with Crippen molar-refractivity contribution in [3.8, 4) is 0 Å². The Morgan fingerprint density at radius 3 is 2.53 bits per heavy atom. The molecule has 15 heavy (non-hydrogen) atoms. The predicted molar refractivity (Wildman–Crippen MR) is 60.1 cm³/mol. The van der Waals surface area contributed by atoms with Crippen molar-refractivity contribution in [1.29, 1.82) is 0 Å². The van der Waals surface area contributed by atoms with E-state index in [4.69, 9.17) is 0 Å². The number of aromatic nitrogens is 1. The number of sulfonamides is 1. The van der Waals surface area contributed by atoms with Crippen LogP contribution < -0.4 is 4.72 Å². The van der Waals surface area contributed by atoms with Gasteiger partial charge in [-0.2, -0.15) is 0 Å². The highest BCUT2D eigenvalue weighted by Gasteiger charge is 2.22. The molecule has 0 saturated carbocycles. The van der Waals surface area contributed by atoms with Gasteiger partial charge in [-0.3, -0.25) is 4.98 Å². The van der Waals surface area contributed by atoms with Crippen LogP contribution in [0.1, 0.15) is 19.5 Å². The summed E-state index contributed by atoms with van der Waals surface area (Å²) in [5.41, 5.74) is 0.575. The molecule has 0 aliphatic heterocycles. The summed E-state index contributed by atoms with van der Waals surface area (Å²) in [4.78, 5) is 4.22. The number of pyridine rings is 1. The molecule has 0 atom stereocenters. The molecule has 0 fully saturated rings. The van der Waals surface area contributed by atoms with Gasteiger partial charge in [0.25, 0.3) is 0 Å². The number of hydrogen-bond donors (Lipinski definition) is 1. The smallest absolute Gasteiger partial charge is 0.208 e. The number of nitrogens with zero attached hydrogens (tertiary/aromatic N) is 1. The van der Waals surface area contributed by atoms with E-state index in [0.29, 0.717) is 6.54 Å². The van der Waals surface area contributed by atoms with Gasteiger partial charge in [0.2, 0.25) is 10.0 Å². The molecule has 0 spiro atoms. The molecule has 1 heterocycles. The van der Waals surface area contributed by atoms with Gasteiger partial charge < -0.3 is 0 Å². The lowest BCUT2D eigenvalue weighted by Crippen LogP contribution is -2.36. The molecule has 1 rings (SSSR count). The first-order chi connectivity index (χ1) is 6.81. The number of rotatable bonds is 4. The van der Waals surface area contributed by atoms with Crippen LogP contribution in [-0.4, -0.2) is 26.2 Å². The first kappa shape index (κ1) is 12.1. The summed E-state index contributed by atoms with van der Waals surface area (Å²) in [6.45, 7) is 4.25. The van der Waals surface area contributed by atoms with Crippen LogP contribution >= 0.6 is 0 Å². The van der Waals surface area contributed by atoms with E-state index in [9.17, 15) is 8.42 Å². The Labute approximate surface area is 90.8 Å². The van der Waals surface area contributed by atoms with Gasteiger partial charge in [-0.15, -0.1) is 0 Å². The lowest BCUT2D eigenvalue weighted by molar-refractivity contribution is 0.491. The van der Waals surface area contributed by atoms with Gasteiger partial charge >= 0.3 is 0 Å². The zero-order valence-electron chi connectivity index (χ0n) is 9.19. The van der Waals surface area contributed by atoms with Gasteiger partial charge in [0.15, 0.2) is 0 Å². The second kappa shape index (κ2) is 4.28. The highest BCUT2D eigenvalue weighted by molar-refractivity contribution is 7.88. The van der Waals surface area contributed by atoms with E-state index in [1.54, 1.807) is 6.20 Å². The van der Waals surface area contributed by atoms with Crippen molar-refractivity contribution in [3.05, 3.63) is 30.1 Å². The molecule has 0 aliphatic rings. The molecular formula is C10H16N2O2S. The van der Waals surface area contributed by atoms with Gasteiger partial charge in [0.05, 0.1) is 6.26 Å². The molecule has 84 valence electrons. The molecular weight excluding hydrogens is 212 g/mol. The first-order valence-corrected chi connectivity index (χ1v) is 6.56. The molecule has 1 aromatic heterocycles. The van der Waals surface area contributed by atoms with Crippen molar-refractivity contribution < 1.29 is 8.42 Å². The van der Waals surface area contributed by atoms with Gasteiger partial charge in [-0.05, 0) is 12.1 Å². The quantitative estimate of drug-likeness (QED) is 0.833. The molecule has 0 aromatic carbocycles. The van der Waals surface area contributed by atoms with Crippen molar-refractivity contribution in [2.75, 3.05) is 12.8 Å². The summed E-state index contributed by atoms with van der Waals surface area (Å²) < 4.78 is 24.4. The van der Waals surface area contributed by atoms with Crippen LogP contribution in [0, 0.1) is 0 Å². The van der Waals surface area contributed by atoms with E-state index in [1.807, 2.05) is 32.0 Å². The fourth-order valence-corrected chi connectivity index (χ4v) is 1.79. The number of nitrogens with one attached hydrogen (secondary N) is 1. The van der Waals surface area contributed by atoms with Crippen molar-refractivity contribution in [3.63, 3.8) is 0 Å². The van der Waals surface area contributed by atoms with Crippen LogP contribution in [0.3, 0.4) is 0 Å². The summed E-state index contributed by atoms with van der Waals surface area (Å²) >= 11 is 0. The highest BCUT2D eigenvalue weighted by Crippen LogP contribution is 2.19. The maximum absolute atomic E-state index is 11.0. The van der Waals surface area contributed by atoms with Crippen molar-refractivity contribution in [2.24, 2.45) is 0 Å². The highest BCUT2D eigenvalue weighted by atomic mass is 32.2. The predicted octanol–water partition coefficient (Wildman–Crippen LogP) is 0.908. The average Bonchev–Trinajstić information content (AvgIpc) is 2.16. The lowest BCUT2D eigenvalue weighted by Gasteiger charge is -2.23. The zero-order valence-corrected chi connectivity index (χ0v) is 10.0. The van der Waals surface area contributed by atoms with E-state index in [2.05, 4.69) is 9.71 Å². The fourth-order valence-electron chi connectivity index (χ4n) is 1.17. The van der Waals surface area contributed by atoms with Gasteiger partial charge in [-0.25, -0.2) is 13.1 Å². The maximum Gasteiger partial charge on any atom is 0.208 e. The molecule has 0 amide bonds. The van der Waals surface area contributed by atoms with Crippen LogP contribution in [0.25, 0.3) is 0 Å². The summed E-state index contributed by atoms with van der Waals surface area (Å²) in [5, 5.41) is 0. The Hall–Kier alpha value is -0.940. The first-order valence-electron chi connectivity index (χ1n) is 4.67. The van der Waals surface area contributed by atoms with Crippen molar-refractivity contribution >= 4 is 10.0 Å². The third-order valence-electron chi connectivity index (χ3n) is 2.13. The van der Waals surface area contributed by atoms with Crippen LogP contribution in [-0.2, 0) is 15.4 Å². The van der Waals surface area contributed by atoms with Crippen molar-refractivity contribution in [2.45, 2.75) is 19.3 Å². The summed E-state index contributed by atoms with van der Waals surface area (Å²) in [5.74, 6) is 0. The minimum atomic E-state index is -3.14. The maximum atomic E-state index is 11.0. The van der Waals surface area contributed by atoms with E-state index >= 15 is 0 Å². The van der Waals surface area contributed by atoms with Crippen LogP contribution in [0.4, 0.5) is 0 Å². The molecule has 0 saturated heterocycles. The molecule has 1 N–H and O–H groups in total. The topological polar surface area (TPSA) is 59.1 Å². The van der Waals surface area contributed by atoms with E-state index in [1.165, 1.54) is 0 Å². The second-order valence-corrected chi connectivity index (χ2v) is 6.03.